The molecule has 0 unspecified atom stereocenters. The lowest BCUT2D eigenvalue weighted by atomic mass is 9.86. The van der Waals surface area contributed by atoms with E-state index in [1.807, 2.05) is 0 Å². The SMILES string of the molecule is Cc1ccc2ccc3c(N(C)c4cccc(-c5ccc6c(c5)CC6)c4)ccc4ccc1c2c43. The highest BCUT2D eigenvalue weighted by Gasteiger charge is 2.16. The van der Waals surface area contributed by atoms with Gasteiger partial charge in [-0.25, -0.2) is 0 Å². The van der Waals surface area contributed by atoms with Crippen LogP contribution in [0, 0.1) is 6.92 Å². The zero-order chi connectivity index (χ0) is 22.1. The van der Waals surface area contributed by atoms with Gasteiger partial charge in [-0.15, -0.1) is 0 Å². The number of hydrogen-bond acceptors (Lipinski definition) is 1. The Bertz CT molecular complexity index is 1690. The zero-order valence-electron chi connectivity index (χ0n) is 19.0. The molecular formula is C32H25N. The third kappa shape index (κ3) is 2.72. The summed E-state index contributed by atoms with van der Waals surface area (Å²) in [6.07, 6.45) is 2.44. The van der Waals surface area contributed by atoms with Gasteiger partial charge in [-0.2, -0.15) is 0 Å². The second-order valence-corrected chi connectivity index (χ2v) is 9.48. The maximum atomic E-state index is 2.37. The zero-order valence-corrected chi connectivity index (χ0v) is 19.0. The molecule has 0 heterocycles. The summed E-state index contributed by atoms with van der Waals surface area (Å²) in [4.78, 5) is 2.34. The smallest absolute Gasteiger partial charge is 0.0488 e. The molecule has 0 saturated heterocycles. The van der Waals surface area contributed by atoms with Crippen molar-refractivity contribution < 1.29 is 0 Å². The van der Waals surface area contributed by atoms with Crippen molar-refractivity contribution in [1.82, 2.24) is 0 Å². The summed E-state index contributed by atoms with van der Waals surface area (Å²) in [6, 6.07) is 34.0. The molecule has 0 N–H and O–H groups in total. The normalized spacial score (nSPS) is 12.9. The molecule has 1 aliphatic carbocycles. The standard InChI is InChI=1S/C32H25N/c1-20-6-7-22-13-16-29-30(17-14-23-12-15-28(20)31(22)32(23)29)33(2)27-5-3-4-24(19-27)26-11-9-21-8-10-25(21)18-26/h3-7,9,11-19H,8,10H2,1-2H3. The van der Waals surface area contributed by atoms with Gasteiger partial charge in [-0.1, -0.05) is 72.8 Å². The van der Waals surface area contributed by atoms with E-state index in [0.29, 0.717) is 0 Å². The topological polar surface area (TPSA) is 3.24 Å². The van der Waals surface area contributed by atoms with Crippen molar-refractivity contribution >= 4 is 43.7 Å². The average Bonchev–Trinajstić information content (AvgIpc) is 2.84. The monoisotopic (exact) mass is 423 g/mol. The Hall–Kier alpha value is -3.84. The van der Waals surface area contributed by atoms with Crippen molar-refractivity contribution in [2.24, 2.45) is 0 Å². The summed E-state index contributed by atoms with van der Waals surface area (Å²) < 4.78 is 0. The Morgan fingerprint density at radius 3 is 2.09 bits per heavy atom. The van der Waals surface area contributed by atoms with Crippen molar-refractivity contribution in [1.29, 1.82) is 0 Å². The number of benzene rings is 6. The van der Waals surface area contributed by atoms with E-state index in [-0.39, 0.29) is 0 Å². The van der Waals surface area contributed by atoms with Crippen molar-refractivity contribution in [3.63, 3.8) is 0 Å². The summed E-state index contributed by atoms with van der Waals surface area (Å²) in [5.74, 6) is 0. The maximum absolute atomic E-state index is 2.37. The lowest BCUT2D eigenvalue weighted by Crippen LogP contribution is -2.10. The van der Waals surface area contributed by atoms with Crippen LogP contribution in [0.5, 0.6) is 0 Å². The van der Waals surface area contributed by atoms with Crippen LogP contribution < -0.4 is 4.90 Å². The molecule has 0 spiro atoms. The van der Waals surface area contributed by atoms with Gasteiger partial charge < -0.3 is 4.90 Å². The molecule has 0 amide bonds. The van der Waals surface area contributed by atoms with Gasteiger partial charge in [0.05, 0.1) is 0 Å². The molecule has 0 bridgehead atoms. The average molecular weight is 424 g/mol. The fraction of sp³-hybridized carbons (Fsp3) is 0.125. The molecule has 33 heavy (non-hydrogen) atoms. The van der Waals surface area contributed by atoms with E-state index < -0.39 is 0 Å². The molecule has 1 aliphatic rings. The highest BCUT2D eigenvalue weighted by Crippen LogP contribution is 2.41. The van der Waals surface area contributed by atoms with E-state index in [2.05, 4.69) is 110 Å². The van der Waals surface area contributed by atoms with E-state index >= 15 is 0 Å². The maximum Gasteiger partial charge on any atom is 0.0488 e. The van der Waals surface area contributed by atoms with Crippen LogP contribution in [0.2, 0.25) is 0 Å². The first-order valence-electron chi connectivity index (χ1n) is 11.8. The molecule has 0 fully saturated rings. The molecule has 158 valence electrons. The minimum atomic E-state index is 1.21. The van der Waals surface area contributed by atoms with Crippen LogP contribution in [0.4, 0.5) is 11.4 Å². The molecule has 7 rings (SSSR count). The van der Waals surface area contributed by atoms with Gasteiger partial charge in [0, 0.05) is 23.8 Å². The Morgan fingerprint density at radius 2 is 1.30 bits per heavy atom. The summed E-state index contributed by atoms with van der Waals surface area (Å²) in [7, 11) is 2.19. The molecular weight excluding hydrogens is 398 g/mol. The van der Waals surface area contributed by atoms with Gasteiger partial charge >= 0.3 is 0 Å². The number of rotatable bonds is 3. The summed E-state index contributed by atoms with van der Waals surface area (Å²) >= 11 is 0. The van der Waals surface area contributed by atoms with Gasteiger partial charge in [0.25, 0.3) is 0 Å². The van der Waals surface area contributed by atoms with Gasteiger partial charge in [0.15, 0.2) is 0 Å². The van der Waals surface area contributed by atoms with Gasteiger partial charge in [-0.05, 0) is 92.7 Å². The lowest BCUT2D eigenvalue weighted by molar-refractivity contribution is 0.840. The van der Waals surface area contributed by atoms with E-state index in [9.17, 15) is 0 Å². The number of anilines is 2. The predicted molar refractivity (Wildman–Crippen MR) is 142 cm³/mol. The molecule has 1 nitrogen and oxygen atoms in total. The number of fused-ring (bicyclic) bond motifs is 1. The predicted octanol–water partition coefficient (Wildman–Crippen LogP) is 8.43. The first-order chi connectivity index (χ1) is 16.2. The number of nitrogens with zero attached hydrogens (tertiary/aromatic N) is 1. The van der Waals surface area contributed by atoms with E-state index in [1.54, 1.807) is 0 Å². The quantitative estimate of drug-likeness (QED) is 0.258. The lowest BCUT2D eigenvalue weighted by Gasteiger charge is -2.24. The Morgan fingerprint density at radius 1 is 0.606 bits per heavy atom. The Kier molecular flexibility index (Phi) is 3.87. The van der Waals surface area contributed by atoms with Crippen LogP contribution in [0.25, 0.3) is 43.4 Å². The highest BCUT2D eigenvalue weighted by molar-refractivity contribution is 6.26. The van der Waals surface area contributed by atoms with Crippen LogP contribution in [0.1, 0.15) is 16.7 Å². The minimum absolute atomic E-state index is 1.21. The summed E-state index contributed by atoms with van der Waals surface area (Å²) in [5, 5.41) is 8.05. The number of aryl methyl sites for hydroxylation is 3. The second kappa shape index (κ2) is 6.83. The Labute approximate surface area is 194 Å². The number of hydrogen-bond donors (Lipinski definition) is 0. The molecule has 0 aliphatic heterocycles. The molecule has 1 heteroatoms. The van der Waals surface area contributed by atoms with Crippen LogP contribution >= 0.6 is 0 Å². The van der Waals surface area contributed by atoms with Crippen molar-refractivity contribution in [2.45, 2.75) is 19.8 Å². The van der Waals surface area contributed by atoms with Gasteiger partial charge in [0.1, 0.15) is 0 Å². The third-order valence-corrected chi connectivity index (χ3v) is 7.66. The fourth-order valence-electron chi connectivity index (χ4n) is 5.63. The first-order valence-corrected chi connectivity index (χ1v) is 11.8. The molecule has 0 saturated carbocycles. The first kappa shape index (κ1) is 18.7. The molecule has 0 aromatic heterocycles. The van der Waals surface area contributed by atoms with E-state index in [1.165, 1.54) is 84.4 Å². The van der Waals surface area contributed by atoms with Crippen LogP contribution in [0.3, 0.4) is 0 Å². The summed E-state index contributed by atoms with van der Waals surface area (Å²) in [6.45, 7) is 2.21. The van der Waals surface area contributed by atoms with Crippen molar-refractivity contribution in [3.05, 3.63) is 108 Å². The van der Waals surface area contributed by atoms with E-state index in [4.69, 9.17) is 0 Å². The largest absolute Gasteiger partial charge is 0.344 e. The van der Waals surface area contributed by atoms with Crippen molar-refractivity contribution in [2.75, 3.05) is 11.9 Å². The van der Waals surface area contributed by atoms with Crippen molar-refractivity contribution in [3.8, 4) is 11.1 Å². The molecule has 6 aromatic rings. The molecule has 0 radical (unpaired) electrons. The van der Waals surface area contributed by atoms with Crippen LogP contribution in [-0.2, 0) is 12.8 Å². The van der Waals surface area contributed by atoms with Gasteiger partial charge in [-0.3, -0.25) is 0 Å². The fourth-order valence-corrected chi connectivity index (χ4v) is 5.63. The highest BCUT2D eigenvalue weighted by atomic mass is 15.1. The second-order valence-electron chi connectivity index (χ2n) is 9.48. The van der Waals surface area contributed by atoms with Crippen LogP contribution in [-0.4, -0.2) is 7.05 Å². The minimum Gasteiger partial charge on any atom is -0.344 e. The third-order valence-electron chi connectivity index (χ3n) is 7.66. The molecule has 0 atom stereocenters. The van der Waals surface area contributed by atoms with E-state index in [0.717, 1.165) is 0 Å². The summed E-state index contributed by atoms with van der Waals surface area (Å²) in [5.41, 5.74) is 9.40. The van der Waals surface area contributed by atoms with Crippen LogP contribution in [0.15, 0.2) is 91.0 Å². The Balaban J connectivity index is 1.39. The molecule has 6 aromatic carbocycles. The van der Waals surface area contributed by atoms with Gasteiger partial charge in [0.2, 0.25) is 0 Å².